The van der Waals surface area contributed by atoms with Crippen LogP contribution in [0.2, 0.25) is 11.6 Å². The summed E-state index contributed by atoms with van der Waals surface area (Å²) in [5.74, 6) is 0.676. The molecular formula is C15H30B2O4. The topological polar surface area (TPSA) is 36.9 Å². The van der Waals surface area contributed by atoms with Gasteiger partial charge in [0.25, 0.3) is 0 Å². The van der Waals surface area contributed by atoms with Crippen LogP contribution in [0, 0.1) is 0 Å². The second-order valence-corrected chi connectivity index (χ2v) is 7.19. The van der Waals surface area contributed by atoms with E-state index >= 15 is 0 Å². The first-order valence-electron chi connectivity index (χ1n) is 8.47. The molecule has 2 aliphatic heterocycles. The van der Waals surface area contributed by atoms with Gasteiger partial charge in [-0.3, -0.25) is 0 Å². The van der Waals surface area contributed by atoms with Crippen molar-refractivity contribution >= 4 is 14.2 Å². The largest absolute Gasteiger partial charge is 0.460 e. The van der Waals surface area contributed by atoms with Gasteiger partial charge in [-0.1, -0.05) is 20.3 Å². The maximum Gasteiger partial charge on any atom is 0.460 e. The molecule has 2 heterocycles. The number of hydrogen-bond acceptors (Lipinski definition) is 4. The molecule has 0 N–H and O–H groups in total. The highest BCUT2D eigenvalue weighted by Gasteiger charge is 2.40. The molecule has 0 aliphatic carbocycles. The molecule has 0 bridgehead atoms. The van der Waals surface area contributed by atoms with Crippen molar-refractivity contribution in [1.29, 1.82) is 0 Å². The standard InChI is InChI=1S/C15H30B2O4/c1-10(16-18-12(3)8-13(4)19-16)7-11(2)17-20-14(5)9-15(6)21-17/h10-15H,7-9H2,1-6H3. The summed E-state index contributed by atoms with van der Waals surface area (Å²) in [6.07, 6.45) is 4.04. The summed E-state index contributed by atoms with van der Waals surface area (Å²) in [5.41, 5.74) is 0. The van der Waals surface area contributed by atoms with Gasteiger partial charge >= 0.3 is 14.2 Å². The van der Waals surface area contributed by atoms with Gasteiger partial charge in [-0.05, 0) is 52.2 Å². The molecule has 0 aromatic carbocycles. The fraction of sp³-hybridized carbons (Fsp3) is 1.00. The fourth-order valence-electron chi connectivity index (χ4n) is 3.48. The normalized spacial score (nSPS) is 37.4. The summed E-state index contributed by atoms with van der Waals surface area (Å²) < 4.78 is 23.8. The van der Waals surface area contributed by atoms with Gasteiger partial charge in [0.2, 0.25) is 0 Å². The lowest BCUT2D eigenvalue weighted by Crippen LogP contribution is -2.44. The molecule has 6 unspecified atom stereocenters. The Morgan fingerprint density at radius 2 is 1.00 bits per heavy atom. The molecule has 0 radical (unpaired) electrons. The van der Waals surface area contributed by atoms with Gasteiger partial charge in [0.1, 0.15) is 0 Å². The molecule has 6 heteroatoms. The summed E-state index contributed by atoms with van der Waals surface area (Å²) >= 11 is 0. The van der Waals surface area contributed by atoms with Crippen LogP contribution in [0.3, 0.4) is 0 Å². The van der Waals surface area contributed by atoms with Crippen molar-refractivity contribution in [1.82, 2.24) is 0 Å². The third-order valence-corrected chi connectivity index (χ3v) is 4.47. The molecule has 0 aromatic rings. The highest BCUT2D eigenvalue weighted by Crippen LogP contribution is 2.33. The fourth-order valence-corrected chi connectivity index (χ4v) is 3.48. The highest BCUT2D eigenvalue weighted by atomic mass is 16.6. The second-order valence-electron chi connectivity index (χ2n) is 7.19. The Morgan fingerprint density at radius 3 is 1.29 bits per heavy atom. The summed E-state index contributed by atoms with van der Waals surface area (Å²) in [6, 6.07) is 0. The summed E-state index contributed by atoms with van der Waals surface area (Å²) in [7, 11) is -0.214. The predicted octanol–water partition coefficient (Wildman–Crippen LogP) is 3.56. The van der Waals surface area contributed by atoms with E-state index in [0.29, 0.717) is 11.6 Å². The smallest absolute Gasteiger partial charge is 0.408 e. The van der Waals surface area contributed by atoms with Gasteiger partial charge in [-0.25, -0.2) is 0 Å². The molecule has 2 saturated heterocycles. The Kier molecular flexibility index (Phi) is 6.18. The van der Waals surface area contributed by atoms with Crippen molar-refractivity contribution < 1.29 is 18.6 Å². The first kappa shape index (κ1) is 17.3. The van der Waals surface area contributed by atoms with Gasteiger partial charge in [-0.2, -0.15) is 0 Å². The van der Waals surface area contributed by atoms with E-state index in [2.05, 4.69) is 41.5 Å². The highest BCUT2D eigenvalue weighted by molar-refractivity contribution is 6.48. The molecule has 4 nitrogen and oxygen atoms in total. The van der Waals surface area contributed by atoms with Gasteiger partial charge in [0.15, 0.2) is 0 Å². The van der Waals surface area contributed by atoms with Crippen LogP contribution in [0.5, 0.6) is 0 Å². The maximum atomic E-state index is 5.95. The molecule has 21 heavy (non-hydrogen) atoms. The van der Waals surface area contributed by atoms with Crippen LogP contribution >= 0.6 is 0 Å². The van der Waals surface area contributed by atoms with Crippen molar-refractivity contribution in [2.45, 2.75) is 96.9 Å². The lowest BCUT2D eigenvalue weighted by atomic mass is 9.60. The van der Waals surface area contributed by atoms with Crippen molar-refractivity contribution in [2.75, 3.05) is 0 Å². The van der Waals surface area contributed by atoms with Gasteiger partial charge in [-0.15, -0.1) is 0 Å². The van der Waals surface area contributed by atoms with E-state index in [-0.39, 0.29) is 38.7 Å². The van der Waals surface area contributed by atoms with Crippen LogP contribution in [0.4, 0.5) is 0 Å². The lowest BCUT2D eigenvalue weighted by Gasteiger charge is -2.36. The second kappa shape index (κ2) is 7.49. The van der Waals surface area contributed by atoms with E-state index in [1.54, 1.807) is 0 Å². The molecular weight excluding hydrogens is 266 g/mol. The van der Waals surface area contributed by atoms with Crippen LogP contribution in [0.25, 0.3) is 0 Å². The van der Waals surface area contributed by atoms with E-state index in [1.165, 1.54) is 0 Å². The van der Waals surface area contributed by atoms with E-state index < -0.39 is 0 Å². The Bertz CT molecular complexity index is 281. The summed E-state index contributed by atoms with van der Waals surface area (Å²) in [6.45, 7) is 12.9. The number of rotatable bonds is 4. The first-order valence-corrected chi connectivity index (χ1v) is 8.47. The predicted molar refractivity (Wildman–Crippen MR) is 86.4 cm³/mol. The van der Waals surface area contributed by atoms with Crippen molar-refractivity contribution in [3.05, 3.63) is 0 Å². The Morgan fingerprint density at radius 1 is 0.714 bits per heavy atom. The van der Waals surface area contributed by atoms with E-state index in [0.717, 1.165) is 19.3 Å². The van der Waals surface area contributed by atoms with E-state index in [9.17, 15) is 0 Å². The van der Waals surface area contributed by atoms with Gasteiger partial charge < -0.3 is 18.6 Å². The molecule has 2 rings (SSSR count). The minimum absolute atomic E-state index is 0.107. The molecule has 0 saturated carbocycles. The molecule has 120 valence electrons. The monoisotopic (exact) mass is 296 g/mol. The quantitative estimate of drug-likeness (QED) is 0.743. The maximum absolute atomic E-state index is 5.95. The zero-order valence-electron chi connectivity index (χ0n) is 14.4. The molecule has 0 amide bonds. The third kappa shape index (κ3) is 4.98. The van der Waals surface area contributed by atoms with Crippen LogP contribution < -0.4 is 0 Å². The average Bonchev–Trinajstić information content (AvgIpc) is 2.36. The third-order valence-electron chi connectivity index (χ3n) is 4.47. The van der Waals surface area contributed by atoms with Crippen LogP contribution in [0.1, 0.15) is 60.8 Å². The summed E-state index contributed by atoms with van der Waals surface area (Å²) in [5, 5.41) is 0. The van der Waals surface area contributed by atoms with Gasteiger partial charge in [0.05, 0.1) is 0 Å². The van der Waals surface area contributed by atoms with Crippen molar-refractivity contribution in [2.24, 2.45) is 0 Å². The number of hydrogen-bond donors (Lipinski definition) is 0. The Balaban J connectivity index is 1.85. The van der Waals surface area contributed by atoms with E-state index in [1.807, 2.05) is 0 Å². The van der Waals surface area contributed by atoms with Crippen molar-refractivity contribution in [3.8, 4) is 0 Å². The lowest BCUT2D eigenvalue weighted by molar-refractivity contribution is 0.0240. The zero-order chi connectivity index (χ0) is 15.6. The van der Waals surface area contributed by atoms with E-state index in [4.69, 9.17) is 18.6 Å². The average molecular weight is 296 g/mol. The van der Waals surface area contributed by atoms with Crippen LogP contribution in [-0.2, 0) is 18.6 Å². The van der Waals surface area contributed by atoms with Crippen LogP contribution in [-0.4, -0.2) is 38.7 Å². The minimum Gasteiger partial charge on any atom is -0.408 e. The SMILES string of the molecule is CC1CC(C)OB(C(C)CC(C)B2OC(C)CC(C)O2)O1. The molecule has 2 aliphatic rings. The molecule has 6 atom stereocenters. The molecule has 0 spiro atoms. The Hall–Kier alpha value is -0.0301. The minimum atomic E-state index is -0.107. The first-order chi connectivity index (χ1) is 9.85. The van der Waals surface area contributed by atoms with Gasteiger partial charge in [0, 0.05) is 24.4 Å². The van der Waals surface area contributed by atoms with Crippen molar-refractivity contribution in [3.63, 3.8) is 0 Å². The molecule has 0 aromatic heterocycles. The Labute approximate surface area is 130 Å². The zero-order valence-corrected chi connectivity index (χ0v) is 14.4. The van der Waals surface area contributed by atoms with Crippen LogP contribution in [0.15, 0.2) is 0 Å². The summed E-state index contributed by atoms with van der Waals surface area (Å²) in [4.78, 5) is 0. The molecule has 2 fully saturated rings.